The number of halogens is 2. The topological polar surface area (TPSA) is 54.9 Å². The summed E-state index contributed by atoms with van der Waals surface area (Å²) in [6.07, 6.45) is 3.96. The molecule has 0 radical (unpaired) electrons. The number of aromatic nitrogens is 2. The van der Waals surface area contributed by atoms with Gasteiger partial charge < -0.3 is 5.32 Å². The Balaban J connectivity index is 2.21. The van der Waals surface area contributed by atoms with Crippen molar-refractivity contribution < 1.29 is 9.18 Å². The maximum atomic E-state index is 12.9. The van der Waals surface area contributed by atoms with Crippen molar-refractivity contribution in [1.29, 1.82) is 0 Å². The summed E-state index contributed by atoms with van der Waals surface area (Å²) in [4.78, 5) is 19.5. The predicted octanol–water partition coefficient (Wildman–Crippen LogP) is 2.94. The highest BCUT2D eigenvalue weighted by Gasteiger charge is 2.10. The number of amides is 1. The van der Waals surface area contributed by atoms with Crippen molar-refractivity contribution in [3.63, 3.8) is 0 Å². The van der Waals surface area contributed by atoms with Crippen LogP contribution in [0.4, 0.5) is 10.2 Å². The van der Waals surface area contributed by atoms with Gasteiger partial charge >= 0.3 is 0 Å². The third-order valence-electron chi connectivity index (χ3n) is 2.18. The Morgan fingerprint density at radius 1 is 1.33 bits per heavy atom. The zero-order valence-corrected chi connectivity index (χ0v) is 11.0. The first kappa shape index (κ1) is 12.6. The summed E-state index contributed by atoms with van der Waals surface area (Å²) in [7, 11) is 0. The normalized spacial score (nSPS) is 10.2. The van der Waals surface area contributed by atoms with Gasteiger partial charge in [-0.2, -0.15) is 0 Å². The molecule has 1 N–H and O–H groups in total. The summed E-state index contributed by atoms with van der Waals surface area (Å²) in [5, 5.41) is 2.58. The molecule has 1 amide bonds. The Labute approximate surface area is 111 Å². The van der Waals surface area contributed by atoms with E-state index in [4.69, 9.17) is 0 Å². The maximum Gasteiger partial charge on any atom is 0.258 e. The first-order valence-corrected chi connectivity index (χ1v) is 5.89. The number of carbonyl (C=O) groups is 1. The molecular formula is C12H9BrFN3O. The summed E-state index contributed by atoms with van der Waals surface area (Å²) in [6, 6.07) is 2.94. The predicted molar refractivity (Wildman–Crippen MR) is 68.8 cm³/mol. The molecule has 0 atom stereocenters. The number of hydrogen-bond donors (Lipinski definition) is 1. The van der Waals surface area contributed by atoms with Crippen molar-refractivity contribution in [3.05, 3.63) is 52.1 Å². The minimum Gasteiger partial charge on any atom is -0.306 e. The molecule has 2 aromatic rings. The maximum absolute atomic E-state index is 12.9. The lowest BCUT2D eigenvalue weighted by Crippen LogP contribution is -2.14. The van der Waals surface area contributed by atoms with Crippen LogP contribution in [0.2, 0.25) is 0 Å². The van der Waals surface area contributed by atoms with E-state index in [-0.39, 0.29) is 5.56 Å². The molecule has 2 heterocycles. The smallest absolute Gasteiger partial charge is 0.258 e. The van der Waals surface area contributed by atoms with E-state index in [1.807, 2.05) is 13.0 Å². The number of rotatable bonds is 2. The monoisotopic (exact) mass is 309 g/mol. The number of nitrogens with one attached hydrogen (secondary N) is 1. The lowest BCUT2D eigenvalue weighted by atomic mass is 10.2. The van der Waals surface area contributed by atoms with Gasteiger partial charge in [-0.25, -0.2) is 9.37 Å². The first-order valence-electron chi connectivity index (χ1n) is 5.10. The molecule has 0 aromatic carbocycles. The lowest BCUT2D eigenvalue weighted by molar-refractivity contribution is 0.102. The highest BCUT2D eigenvalue weighted by molar-refractivity contribution is 9.10. The van der Waals surface area contributed by atoms with Crippen molar-refractivity contribution in [2.75, 3.05) is 5.32 Å². The lowest BCUT2D eigenvalue weighted by Gasteiger charge is -2.06. The molecule has 92 valence electrons. The summed E-state index contributed by atoms with van der Waals surface area (Å²) in [5.74, 6) is -0.632. The molecule has 0 spiro atoms. The van der Waals surface area contributed by atoms with Crippen LogP contribution in [0, 0.1) is 12.7 Å². The van der Waals surface area contributed by atoms with Crippen molar-refractivity contribution in [1.82, 2.24) is 9.97 Å². The number of anilines is 1. The van der Waals surface area contributed by atoms with Crippen LogP contribution in [0.3, 0.4) is 0 Å². The number of carbonyl (C=O) groups excluding carboxylic acids is 1. The van der Waals surface area contributed by atoms with Gasteiger partial charge in [-0.15, -0.1) is 0 Å². The van der Waals surface area contributed by atoms with Gasteiger partial charge in [-0.1, -0.05) is 0 Å². The van der Waals surface area contributed by atoms with Crippen LogP contribution in [0.1, 0.15) is 15.9 Å². The summed E-state index contributed by atoms with van der Waals surface area (Å²) in [5.41, 5.74) is 1.11. The van der Waals surface area contributed by atoms with Gasteiger partial charge in [0.25, 0.3) is 5.91 Å². The fourth-order valence-electron chi connectivity index (χ4n) is 1.34. The molecule has 0 fully saturated rings. The molecule has 0 unspecified atom stereocenters. The summed E-state index contributed by atoms with van der Waals surface area (Å²) in [6.45, 7) is 1.89. The van der Waals surface area contributed by atoms with Gasteiger partial charge in [0, 0.05) is 12.4 Å². The molecular weight excluding hydrogens is 301 g/mol. The summed E-state index contributed by atoms with van der Waals surface area (Å²) < 4.78 is 13.6. The average molecular weight is 310 g/mol. The standard InChI is InChI=1S/C12H9BrFN3O/c1-7-2-10(13)11(16-4-7)17-12(18)8-3-9(14)6-15-5-8/h2-6H,1H3,(H,16,17,18). The molecule has 4 nitrogen and oxygen atoms in total. The minimum atomic E-state index is -0.557. The second-order valence-corrected chi connectivity index (χ2v) is 4.54. The van der Waals surface area contributed by atoms with E-state index < -0.39 is 11.7 Å². The Kier molecular flexibility index (Phi) is 3.66. The second-order valence-electron chi connectivity index (χ2n) is 3.69. The van der Waals surface area contributed by atoms with E-state index in [2.05, 4.69) is 31.2 Å². The third-order valence-corrected chi connectivity index (χ3v) is 2.78. The Morgan fingerprint density at radius 3 is 2.78 bits per heavy atom. The first-order chi connectivity index (χ1) is 8.56. The van der Waals surface area contributed by atoms with E-state index in [0.29, 0.717) is 10.3 Å². The third kappa shape index (κ3) is 2.89. The van der Waals surface area contributed by atoms with Gasteiger partial charge in [0.05, 0.1) is 16.2 Å². The van der Waals surface area contributed by atoms with E-state index >= 15 is 0 Å². The quantitative estimate of drug-likeness (QED) is 0.928. The van der Waals surface area contributed by atoms with Crippen molar-refractivity contribution >= 4 is 27.7 Å². The van der Waals surface area contributed by atoms with Crippen LogP contribution >= 0.6 is 15.9 Å². The van der Waals surface area contributed by atoms with Crippen LogP contribution < -0.4 is 5.32 Å². The van der Waals surface area contributed by atoms with Gasteiger partial charge in [0.2, 0.25) is 0 Å². The zero-order valence-electron chi connectivity index (χ0n) is 9.45. The number of aryl methyl sites for hydroxylation is 1. The van der Waals surface area contributed by atoms with Gasteiger partial charge in [0.15, 0.2) is 0 Å². The molecule has 0 saturated carbocycles. The van der Waals surface area contributed by atoms with E-state index in [9.17, 15) is 9.18 Å². The van der Waals surface area contributed by atoms with Crippen molar-refractivity contribution in [3.8, 4) is 0 Å². The van der Waals surface area contributed by atoms with Crippen molar-refractivity contribution in [2.24, 2.45) is 0 Å². The molecule has 0 aliphatic carbocycles. The Bertz CT molecular complexity index is 604. The van der Waals surface area contributed by atoms with Crippen LogP contribution in [0.25, 0.3) is 0 Å². The fraction of sp³-hybridized carbons (Fsp3) is 0.0833. The van der Waals surface area contributed by atoms with Gasteiger partial charge in [-0.05, 0) is 40.5 Å². The average Bonchev–Trinajstić information content (AvgIpc) is 2.32. The second kappa shape index (κ2) is 5.22. The Hall–Kier alpha value is -1.82. The molecule has 0 bridgehead atoms. The number of hydrogen-bond acceptors (Lipinski definition) is 3. The van der Waals surface area contributed by atoms with Crippen LogP contribution in [-0.2, 0) is 0 Å². The molecule has 0 saturated heterocycles. The molecule has 0 aliphatic rings. The van der Waals surface area contributed by atoms with E-state index in [0.717, 1.165) is 17.8 Å². The van der Waals surface area contributed by atoms with Crippen LogP contribution in [0.15, 0.2) is 35.2 Å². The van der Waals surface area contributed by atoms with E-state index in [1.54, 1.807) is 6.20 Å². The van der Waals surface area contributed by atoms with E-state index in [1.165, 1.54) is 6.20 Å². The fourth-order valence-corrected chi connectivity index (χ4v) is 1.90. The minimum absolute atomic E-state index is 0.143. The molecule has 18 heavy (non-hydrogen) atoms. The molecule has 0 aliphatic heterocycles. The van der Waals surface area contributed by atoms with Crippen LogP contribution in [-0.4, -0.2) is 15.9 Å². The largest absolute Gasteiger partial charge is 0.306 e. The number of pyridine rings is 2. The highest BCUT2D eigenvalue weighted by Crippen LogP contribution is 2.21. The van der Waals surface area contributed by atoms with Crippen LogP contribution in [0.5, 0.6) is 0 Å². The molecule has 6 heteroatoms. The number of nitrogens with zero attached hydrogens (tertiary/aromatic N) is 2. The molecule has 2 aromatic heterocycles. The SMILES string of the molecule is Cc1cnc(NC(=O)c2cncc(F)c2)c(Br)c1. The van der Waals surface area contributed by atoms with Gasteiger partial charge in [0.1, 0.15) is 11.6 Å². The highest BCUT2D eigenvalue weighted by atomic mass is 79.9. The Morgan fingerprint density at radius 2 is 2.11 bits per heavy atom. The van der Waals surface area contributed by atoms with Gasteiger partial charge in [-0.3, -0.25) is 9.78 Å². The summed E-state index contributed by atoms with van der Waals surface area (Å²) >= 11 is 3.30. The van der Waals surface area contributed by atoms with Crippen molar-refractivity contribution in [2.45, 2.75) is 6.92 Å². The molecule has 2 rings (SSSR count). The zero-order chi connectivity index (χ0) is 13.1.